The van der Waals surface area contributed by atoms with Gasteiger partial charge in [0.2, 0.25) is 0 Å². The predicted molar refractivity (Wildman–Crippen MR) is 157 cm³/mol. The Hall–Kier alpha value is -4.46. The molecule has 39 heavy (non-hydrogen) atoms. The third-order valence-corrected chi connectivity index (χ3v) is 6.61. The number of ether oxygens (including phenoxy) is 3. The number of nitrogens with one attached hydrogen (secondary N) is 2. The zero-order chi connectivity index (χ0) is 27.9. The smallest absolute Gasteiger partial charge is 0.319 e. The Morgan fingerprint density at radius 3 is 2.38 bits per heavy atom. The molecule has 1 heterocycles. The lowest BCUT2D eigenvalue weighted by Crippen LogP contribution is -2.37. The quantitative estimate of drug-likeness (QED) is 0.241. The van der Waals surface area contributed by atoms with Crippen LogP contribution in [0.4, 0.5) is 16.2 Å². The second-order valence-corrected chi connectivity index (χ2v) is 9.37. The van der Waals surface area contributed by atoms with Crippen LogP contribution in [0.5, 0.6) is 23.0 Å². The average Bonchev–Trinajstić information content (AvgIpc) is 2.93. The molecule has 2 N–H and O–H groups in total. The lowest BCUT2D eigenvalue weighted by molar-refractivity contribution is 0.252. The molecule has 0 aliphatic heterocycles. The summed E-state index contributed by atoms with van der Waals surface area (Å²) in [4.78, 5) is 19.4. The summed E-state index contributed by atoms with van der Waals surface area (Å²) in [5.41, 5.74) is 5.61. The van der Waals surface area contributed by atoms with Gasteiger partial charge in [0.15, 0.2) is 11.5 Å². The molecule has 8 heteroatoms. The Kier molecular flexibility index (Phi) is 8.76. The lowest BCUT2D eigenvalue weighted by Gasteiger charge is -2.23. The molecule has 0 spiro atoms. The summed E-state index contributed by atoms with van der Waals surface area (Å²) in [5, 5.41) is 6.75. The Bertz CT molecular complexity index is 1470. The molecule has 8 nitrogen and oxygen atoms in total. The first-order chi connectivity index (χ1) is 18.8. The van der Waals surface area contributed by atoms with Gasteiger partial charge in [-0.3, -0.25) is 4.98 Å². The van der Waals surface area contributed by atoms with E-state index < -0.39 is 0 Å². The minimum Gasteiger partial charge on any atom is -0.493 e. The number of aromatic nitrogens is 1. The normalized spacial score (nSPS) is 10.7. The van der Waals surface area contributed by atoms with Gasteiger partial charge in [0.25, 0.3) is 0 Å². The number of likely N-dealkylation sites (N-methyl/N-ethyl adjacent to an activating group) is 1. The average molecular weight is 529 g/mol. The van der Waals surface area contributed by atoms with Crippen molar-refractivity contribution in [2.24, 2.45) is 0 Å². The first kappa shape index (κ1) is 27.6. The van der Waals surface area contributed by atoms with Gasteiger partial charge in [-0.05, 0) is 80.8 Å². The van der Waals surface area contributed by atoms with Crippen molar-refractivity contribution < 1.29 is 19.0 Å². The van der Waals surface area contributed by atoms with Crippen LogP contribution in [0.3, 0.4) is 0 Å². The van der Waals surface area contributed by atoms with Gasteiger partial charge in [-0.1, -0.05) is 12.1 Å². The maximum atomic E-state index is 12.7. The number of carbonyl (C=O) groups is 1. The van der Waals surface area contributed by atoms with Crippen molar-refractivity contribution in [3.63, 3.8) is 0 Å². The van der Waals surface area contributed by atoms with Crippen LogP contribution in [-0.4, -0.2) is 44.9 Å². The van der Waals surface area contributed by atoms with Crippen molar-refractivity contribution in [1.82, 2.24) is 10.3 Å². The molecule has 0 radical (unpaired) electrons. The number of nitrogens with zero attached hydrogens (tertiary/aromatic N) is 2. The number of aryl methyl sites for hydroxylation is 3. The number of anilines is 2. The number of fused-ring (bicyclic) bond motifs is 1. The summed E-state index contributed by atoms with van der Waals surface area (Å²) in [7, 11) is 3.19. The number of pyridine rings is 1. The third kappa shape index (κ3) is 6.52. The van der Waals surface area contributed by atoms with E-state index in [4.69, 9.17) is 14.2 Å². The Morgan fingerprint density at radius 1 is 0.897 bits per heavy atom. The number of hydrogen-bond acceptors (Lipinski definition) is 6. The number of methoxy groups -OCH3 is 2. The fourth-order valence-electron chi connectivity index (χ4n) is 4.45. The highest BCUT2D eigenvalue weighted by atomic mass is 16.5. The molecule has 0 fully saturated rings. The number of hydrogen-bond donors (Lipinski definition) is 2. The van der Waals surface area contributed by atoms with E-state index in [-0.39, 0.29) is 6.03 Å². The number of amides is 2. The van der Waals surface area contributed by atoms with Crippen LogP contribution in [0.1, 0.15) is 23.6 Å². The highest BCUT2D eigenvalue weighted by Crippen LogP contribution is 2.38. The Labute approximate surface area is 229 Å². The molecule has 204 valence electrons. The van der Waals surface area contributed by atoms with Crippen LogP contribution in [0.15, 0.2) is 60.8 Å². The van der Waals surface area contributed by atoms with Crippen LogP contribution >= 0.6 is 0 Å². The standard InChI is InChI=1S/C31H36N4O4/c1-7-35(23-10-8-9-20(2)15-23)14-13-33-31(36)34-25-16-22(4)28(17-21(25)3)39-27-11-12-32-26-19-30(38-6)29(37-5)18-24(26)27/h8-12,15-19H,7,13-14H2,1-6H3,(H2,33,34,36). The van der Waals surface area contributed by atoms with E-state index in [1.807, 2.05) is 44.2 Å². The molecular formula is C31H36N4O4. The molecule has 0 saturated carbocycles. The van der Waals surface area contributed by atoms with E-state index in [1.165, 1.54) is 5.56 Å². The molecule has 2 amide bonds. The summed E-state index contributed by atoms with van der Waals surface area (Å²) < 4.78 is 17.2. The number of rotatable bonds is 10. The van der Waals surface area contributed by atoms with Crippen LogP contribution < -0.4 is 29.7 Å². The van der Waals surface area contributed by atoms with Crippen molar-refractivity contribution >= 4 is 28.3 Å². The highest BCUT2D eigenvalue weighted by Gasteiger charge is 2.14. The second-order valence-electron chi connectivity index (χ2n) is 9.37. The van der Waals surface area contributed by atoms with Gasteiger partial charge in [0.05, 0.1) is 19.7 Å². The molecular weight excluding hydrogens is 492 g/mol. The first-order valence-electron chi connectivity index (χ1n) is 13.0. The fraction of sp³-hybridized carbons (Fsp3) is 0.290. The molecule has 0 bridgehead atoms. The van der Waals surface area contributed by atoms with Gasteiger partial charge in [0, 0.05) is 48.7 Å². The molecule has 3 aromatic carbocycles. The summed E-state index contributed by atoms with van der Waals surface area (Å²) in [5.74, 6) is 2.55. The van der Waals surface area contributed by atoms with E-state index in [9.17, 15) is 4.79 Å². The van der Waals surface area contributed by atoms with Gasteiger partial charge in [-0.2, -0.15) is 0 Å². The van der Waals surface area contributed by atoms with Gasteiger partial charge in [-0.25, -0.2) is 4.79 Å². The van der Waals surface area contributed by atoms with E-state index in [1.54, 1.807) is 20.4 Å². The molecule has 4 rings (SSSR count). The molecule has 1 aromatic heterocycles. The maximum Gasteiger partial charge on any atom is 0.319 e. The zero-order valence-corrected chi connectivity index (χ0v) is 23.4. The van der Waals surface area contributed by atoms with Gasteiger partial charge < -0.3 is 29.7 Å². The third-order valence-electron chi connectivity index (χ3n) is 6.61. The summed E-state index contributed by atoms with van der Waals surface area (Å²) >= 11 is 0. The van der Waals surface area contributed by atoms with Crippen LogP contribution in [-0.2, 0) is 0 Å². The van der Waals surface area contributed by atoms with Crippen LogP contribution in [0.2, 0.25) is 0 Å². The highest BCUT2D eigenvalue weighted by molar-refractivity contribution is 5.91. The molecule has 4 aromatic rings. The predicted octanol–water partition coefficient (Wildman–Crippen LogP) is 6.62. The summed E-state index contributed by atoms with van der Waals surface area (Å²) in [6.07, 6.45) is 1.70. The first-order valence-corrected chi connectivity index (χ1v) is 13.0. The van der Waals surface area contributed by atoms with Crippen LogP contribution in [0, 0.1) is 20.8 Å². The largest absolute Gasteiger partial charge is 0.493 e. The minimum atomic E-state index is -0.243. The van der Waals surface area contributed by atoms with E-state index in [2.05, 4.69) is 58.6 Å². The van der Waals surface area contributed by atoms with E-state index >= 15 is 0 Å². The van der Waals surface area contributed by atoms with Gasteiger partial charge in [-0.15, -0.1) is 0 Å². The number of benzene rings is 3. The number of urea groups is 1. The van der Waals surface area contributed by atoms with Crippen molar-refractivity contribution in [3.05, 3.63) is 77.5 Å². The second kappa shape index (κ2) is 12.4. The van der Waals surface area contributed by atoms with E-state index in [0.29, 0.717) is 36.1 Å². The van der Waals surface area contributed by atoms with E-state index in [0.717, 1.165) is 39.9 Å². The van der Waals surface area contributed by atoms with Gasteiger partial charge >= 0.3 is 6.03 Å². The monoisotopic (exact) mass is 528 g/mol. The summed E-state index contributed by atoms with van der Waals surface area (Å²) in [6.45, 7) is 10.2. The molecule has 0 saturated heterocycles. The zero-order valence-electron chi connectivity index (χ0n) is 23.4. The SMILES string of the molecule is CCN(CCNC(=O)Nc1cc(C)c(Oc2ccnc3cc(OC)c(OC)cc23)cc1C)c1cccc(C)c1. The molecule has 0 aliphatic rings. The lowest BCUT2D eigenvalue weighted by atomic mass is 10.1. The topological polar surface area (TPSA) is 85.0 Å². The Morgan fingerprint density at radius 2 is 1.67 bits per heavy atom. The van der Waals surface area contributed by atoms with Gasteiger partial charge in [0.1, 0.15) is 11.5 Å². The van der Waals surface area contributed by atoms with Crippen molar-refractivity contribution in [2.45, 2.75) is 27.7 Å². The van der Waals surface area contributed by atoms with Crippen molar-refractivity contribution in [1.29, 1.82) is 0 Å². The molecule has 0 atom stereocenters. The van der Waals surface area contributed by atoms with Crippen molar-refractivity contribution in [2.75, 3.05) is 44.1 Å². The molecule has 0 unspecified atom stereocenters. The maximum absolute atomic E-state index is 12.7. The number of carbonyl (C=O) groups excluding carboxylic acids is 1. The van der Waals surface area contributed by atoms with Crippen molar-refractivity contribution in [3.8, 4) is 23.0 Å². The molecule has 0 aliphatic carbocycles. The minimum absolute atomic E-state index is 0.243. The summed E-state index contributed by atoms with van der Waals surface area (Å²) in [6, 6.07) is 17.5. The van der Waals surface area contributed by atoms with Crippen LogP contribution in [0.25, 0.3) is 10.9 Å². The fourth-order valence-corrected chi connectivity index (χ4v) is 4.45. The Balaban J connectivity index is 1.43.